The van der Waals surface area contributed by atoms with Crippen LogP contribution in [0.25, 0.3) is 11.2 Å². The number of aromatic nitrogens is 4. The predicted octanol–water partition coefficient (Wildman–Crippen LogP) is -0.985. The van der Waals surface area contributed by atoms with E-state index in [1.54, 1.807) is 0 Å². The first-order valence-corrected chi connectivity index (χ1v) is 14.7. The zero-order valence-electron chi connectivity index (χ0n) is 24.6. The first-order valence-electron chi connectivity index (χ1n) is 14.7. The van der Waals surface area contributed by atoms with Crippen molar-refractivity contribution in [3.63, 3.8) is 0 Å². The first kappa shape index (κ1) is 32.9. The molecule has 7 N–H and O–H groups in total. The summed E-state index contributed by atoms with van der Waals surface area (Å²) in [6.45, 7) is 3.05. The Kier molecular flexibility index (Phi) is 10.1. The highest BCUT2D eigenvalue weighted by molar-refractivity contribution is 5.97. The number of aliphatic carboxylic acids is 1. The van der Waals surface area contributed by atoms with Gasteiger partial charge in [-0.1, -0.05) is 6.92 Å². The summed E-state index contributed by atoms with van der Waals surface area (Å²) in [6, 6.07) is -2.57. The normalized spacial score (nSPS) is 31.3. The Morgan fingerprint density at radius 3 is 2.60 bits per heavy atom. The number of carboxylic acids is 1. The summed E-state index contributed by atoms with van der Waals surface area (Å²) < 4.78 is 23.0. The quantitative estimate of drug-likeness (QED) is 0.109. The molecule has 0 aromatic carbocycles. The lowest BCUT2D eigenvalue weighted by molar-refractivity contribution is -0.210. The number of carbonyl (C=O) groups excluding carboxylic acids is 2. The monoisotopic (exact) mass is 638 g/mol. The predicted molar refractivity (Wildman–Crippen MR) is 149 cm³/mol. The van der Waals surface area contributed by atoms with E-state index in [0.717, 1.165) is 6.33 Å². The molecule has 2 amide bonds. The van der Waals surface area contributed by atoms with Crippen LogP contribution < -0.4 is 10.6 Å². The molecule has 3 aliphatic heterocycles. The lowest BCUT2D eigenvalue weighted by Gasteiger charge is -2.35. The average Bonchev–Trinajstić information content (AvgIpc) is 3.61. The fourth-order valence-corrected chi connectivity index (χ4v) is 5.45. The molecule has 0 aliphatic carbocycles. The van der Waals surface area contributed by atoms with Gasteiger partial charge in [-0.3, -0.25) is 14.7 Å². The lowest BCUT2D eigenvalue weighted by atomic mass is 9.94. The molecule has 3 aliphatic rings. The molecular weight excluding hydrogens is 600 g/mol. The number of ether oxygens (including phenoxy) is 4. The van der Waals surface area contributed by atoms with Crippen LogP contribution in [0.2, 0.25) is 0 Å². The molecule has 5 rings (SSSR count). The first-order chi connectivity index (χ1) is 21.4. The number of imidazole rings is 1. The molecule has 248 valence electrons. The van der Waals surface area contributed by atoms with Crippen molar-refractivity contribution in [2.45, 2.75) is 107 Å². The molecule has 2 aromatic rings. The van der Waals surface area contributed by atoms with Crippen LogP contribution in [0.1, 0.15) is 52.2 Å². The van der Waals surface area contributed by atoms with Gasteiger partial charge in [0.1, 0.15) is 36.8 Å². The zero-order valence-corrected chi connectivity index (χ0v) is 24.6. The highest BCUT2D eigenvalue weighted by Gasteiger charge is 2.49. The number of rotatable bonds is 12. The lowest BCUT2D eigenvalue weighted by Crippen LogP contribution is -2.50. The second-order valence-corrected chi connectivity index (χ2v) is 11.7. The number of nitrogens with one attached hydrogen (secondary N) is 2. The van der Waals surface area contributed by atoms with Gasteiger partial charge in [0, 0.05) is 12.8 Å². The fraction of sp³-hybridized carbons (Fsp3) is 0.704. The van der Waals surface area contributed by atoms with Crippen LogP contribution in [0.15, 0.2) is 12.7 Å². The molecule has 3 saturated heterocycles. The van der Waals surface area contributed by atoms with Crippen molar-refractivity contribution in [3.05, 3.63) is 12.7 Å². The van der Waals surface area contributed by atoms with Crippen LogP contribution in [0.4, 0.5) is 10.6 Å². The molecule has 0 saturated carbocycles. The Morgan fingerprint density at radius 2 is 1.84 bits per heavy atom. The third-order valence-corrected chi connectivity index (χ3v) is 8.21. The third-order valence-electron chi connectivity index (χ3n) is 8.21. The van der Waals surface area contributed by atoms with Crippen molar-refractivity contribution in [2.24, 2.45) is 5.92 Å². The standard InChI is InChI=1S/C27H38N6O12/c1-11(3-5-15-13(34)7-16-26(44-15)45-16)4-6-17(36)43-12(2)18(25(39)40)31-27(41)32-22-19-23(29-9-28-22)33(10-30-19)24-21(38)20(37)14(35)8-42-24/h9-16,18,20-21,24,26,34-35,37-38H,3-8H2,1-2H3,(H,39,40)(H2,28,29,31,32,41)/t11-,12+,13-,14+,15-,16+,18-,20?,21-,24+,26?/m0/s1. The van der Waals surface area contributed by atoms with Crippen LogP contribution in [0.3, 0.4) is 0 Å². The number of carboxylic acid groups (broad SMARTS) is 1. The number of nitrogens with zero attached hydrogens (tertiary/aromatic N) is 4. The summed E-state index contributed by atoms with van der Waals surface area (Å²) in [5.41, 5.74) is 0.187. The van der Waals surface area contributed by atoms with E-state index < -0.39 is 60.8 Å². The van der Waals surface area contributed by atoms with Gasteiger partial charge in [0.05, 0.1) is 25.1 Å². The molecule has 45 heavy (non-hydrogen) atoms. The van der Waals surface area contributed by atoms with E-state index in [-0.39, 0.29) is 54.4 Å². The maximum Gasteiger partial charge on any atom is 0.330 e. The number of amides is 2. The summed E-state index contributed by atoms with van der Waals surface area (Å²) >= 11 is 0. The van der Waals surface area contributed by atoms with Crippen molar-refractivity contribution >= 4 is 35.0 Å². The van der Waals surface area contributed by atoms with Gasteiger partial charge in [-0.05, 0) is 32.1 Å². The maximum atomic E-state index is 12.8. The molecule has 18 heteroatoms. The number of carbonyl (C=O) groups is 3. The van der Waals surface area contributed by atoms with Crippen LogP contribution in [0, 0.1) is 5.92 Å². The van der Waals surface area contributed by atoms with E-state index in [4.69, 9.17) is 18.9 Å². The fourth-order valence-electron chi connectivity index (χ4n) is 5.45. The number of fused-ring (bicyclic) bond motifs is 2. The average molecular weight is 639 g/mol. The summed E-state index contributed by atoms with van der Waals surface area (Å²) in [6.07, 6.45) is -3.04. The molecule has 0 radical (unpaired) electrons. The van der Waals surface area contributed by atoms with Gasteiger partial charge in [-0.2, -0.15) is 0 Å². The third kappa shape index (κ3) is 7.66. The number of epoxide rings is 1. The molecule has 3 fully saturated rings. The minimum absolute atomic E-state index is 0.0139. The van der Waals surface area contributed by atoms with Crippen LogP contribution in [0.5, 0.6) is 0 Å². The van der Waals surface area contributed by atoms with Gasteiger partial charge in [0.25, 0.3) is 0 Å². The molecule has 18 nitrogen and oxygen atoms in total. The number of urea groups is 1. The van der Waals surface area contributed by atoms with E-state index in [1.165, 1.54) is 17.8 Å². The van der Waals surface area contributed by atoms with Gasteiger partial charge in [-0.15, -0.1) is 0 Å². The van der Waals surface area contributed by atoms with Crippen molar-refractivity contribution in [1.82, 2.24) is 24.8 Å². The number of aliphatic hydroxyl groups excluding tert-OH is 4. The van der Waals surface area contributed by atoms with E-state index in [2.05, 4.69) is 25.6 Å². The highest BCUT2D eigenvalue weighted by atomic mass is 16.8. The maximum absolute atomic E-state index is 12.8. The second kappa shape index (κ2) is 13.9. The van der Waals surface area contributed by atoms with E-state index in [0.29, 0.717) is 25.7 Å². The summed E-state index contributed by atoms with van der Waals surface area (Å²) in [5, 5.41) is 54.6. The topological polar surface area (TPSA) is 260 Å². The van der Waals surface area contributed by atoms with Crippen LogP contribution in [-0.2, 0) is 28.5 Å². The number of anilines is 1. The second-order valence-electron chi connectivity index (χ2n) is 11.7. The Bertz CT molecular complexity index is 1380. The van der Waals surface area contributed by atoms with E-state index in [9.17, 15) is 39.9 Å². The molecule has 0 spiro atoms. The Hall–Kier alpha value is -3.52. The van der Waals surface area contributed by atoms with Crippen molar-refractivity contribution in [3.8, 4) is 0 Å². The minimum Gasteiger partial charge on any atom is -0.480 e. The summed E-state index contributed by atoms with van der Waals surface area (Å²) in [5.74, 6) is -2.05. The molecule has 2 aromatic heterocycles. The molecular formula is C27H38N6O12. The minimum atomic E-state index is -1.60. The van der Waals surface area contributed by atoms with E-state index in [1.807, 2.05) is 6.92 Å². The number of hydrogen-bond donors (Lipinski definition) is 7. The summed E-state index contributed by atoms with van der Waals surface area (Å²) in [4.78, 5) is 49.4. The Labute approximate surface area is 256 Å². The SMILES string of the molecule is C[C@H](CCC(=O)O[C@H](C)[C@H](NC(=O)Nc1ncnc2c1ncn2[C@@H]1OC[C@@H](O)C(O)[C@@H]1O)C(=O)O)CC[C@@H]1OC2O[C@@H]2C[C@@H]1O. The van der Waals surface area contributed by atoms with Crippen molar-refractivity contribution < 1.29 is 58.9 Å². The van der Waals surface area contributed by atoms with Gasteiger partial charge in [0.15, 0.2) is 35.5 Å². The van der Waals surface area contributed by atoms with E-state index >= 15 is 0 Å². The van der Waals surface area contributed by atoms with Crippen molar-refractivity contribution in [1.29, 1.82) is 0 Å². The number of hydrogen-bond acceptors (Lipinski definition) is 14. The zero-order chi connectivity index (χ0) is 32.4. The molecule has 2 unspecified atom stereocenters. The highest BCUT2D eigenvalue weighted by Crippen LogP contribution is 2.37. The largest absolute Gasteiger partial charge is 0.480 e. The van der Waals surface area contributed by atoms with Crippen LogP contribution >= 0.6 is 0 Å². The molecule has 5 heterocycles. The van der Waals surface area contributed by atoms with Gasteiger partial charge >= 0.3 is 18.0 Å². The Morgan fingerprint density at radius 1 is 1.07 bits per heavy atom. The molecule has 11 atom stereocenters. The number of esters is 1. The summed E-state index contributed by atoms with van der Waals surface area (Å²) in [7, 11) is 0. The van der Waals surface area contributed by atoms with Crippen molar-refractivity contribution in [2.75, 3.05) is 11.9 Å². The number of aliphatic hydroxyl groups is 4. The van der Waals surface area contributed by atoms with Crippen LogP contribution in [-0.4, -0.2) is 125 Å². The van der Waals surface area contributed by atoms with Gasteiger partial charge in [-0.25, -0.2) is 24.5 Å². The van der Waals surface area contributed by atoms with Gasteiger partial charge < -0.3 is 49.8 Å². The Balaban J connectivity index is 1.11. The van der Waals surface area contributed by atoms with Gasteiger partial charge in [0.2, 0.25) is 0 Å². The smallest absolute Gasteiger partial charge is 0.330 e. The molecule has 0 bridgehead atoms.